The first-order valence-electron chi connectivity index (χ1n) is 12.4. The number of hydrogen-bond donors (Lipinski definition) is 4. The van der Waals surface area contributed by atoms with Crippen LogP contribution in [0.15, 0.2) is 55.1 Å². The maximum atomic E-state index is 13.3. The molecule has 0 saturated heterocycles. The molecule has 0 aliphatic heterocycles. The van der Waals surface area contributed by atoms with Crippen LogP contribution in [0.1, 0.15) is 43.5 Å². The minimum atomic E-state index is -3.93. The molecular formula is C25H37N5O9S2. The molecule has 2 aromatic rings. The van der Waals surface area contributed by atoms with E-state index in [0.29, 0.717) is 10.7 Å². The Morgan fingerprint density at radius 2 is 1.66 bits per heavy atom. The topological polar surface area (TPSA) is 205 Å². The number of amides is 2. The van der Waals surface area contributed by atoms with Crippen molar-refractivity contribution in [3.8, 4) is 0 Å². The van der Waals surface area contributed by atoms with E-state index in [4.69, 9.17) is 4.55 Å². The van der Waals surface area contributed by atoms with Crippen LogP contribution in [0.2, 0.25) is 0 Å². The van der Waals surface area contributed by atoms with Crippen LogP contribution >= 0.6 is 0 Å². The molecule has 1 heterocycles. The van der Waals surface area contributed by atoms with Gasteiger partial charge in [-0.1, -0.05) is 56.3 Å². The van der Waals surface area contributed by atoms with Crippen molar-refractivity contribution >= 4 is 43.9 Å². The lowest BCUT2D eigenvalue weighted by atomic mass is 9.82. The number of carbonyl (C=O) groups is 3. The van der Waals surface area contributed by atoms with Gasteiger partial charge in [0, 0.05) is 25.4 Å². The van der Waals surface area contributed by atoms with Gasteiger partial charge in [-0.2, -0.15) is 8.42 Å². The van der Waals surface area contributed by atoms with Crippen LogP contribution in [0.5, 0.6) is 0 Å². The zero-order chi connectivity index (χ0) is 31.2. The van der Waals surface area contributed by atoms with Crippen LogP contribution in [0.3, 0.4) is 0 Å². The summed E-state index contributed by atoms with van der Waals surface area (Å²) in [5.74, 6) is -3.79. The maximum absolute atomic E-state index is 13.3. The number of carbonyl (C=O) groups excluding carboxylic acids is 3. The third-order valence-electron chi connectivity index (χ3n) is 5.45. The smallest absolute Gasteiger partial charge is 0.261 e. The van der Waals surface area contributed by atoms with E-state index in [2.05, 4.69) is 10.4 Å². The number of benzene rings is 1. The number of imidazole rings is 1. The summed E-state index contributed by atoms with van der Waals surface area (Å²) in [6.45, 7) is 3.43. The highest BCUT2D eigenvalue weighted by Crippen LogP contribution is 2.26. The first kappa shape index (κ1) is 35.6. The standard InChI is InChI=1S/C24H33N5O6S.CH4O3S/c1-18(2)16-21(20(24(32)27-33)11-7-10-19-8-5-4-6-9-19)23(31)26-29(36(3,34)35)14-12-22(30)28-15-13-25-17-28;1-5(2,3)4/h4-10,13,15,17-18,20-21,33H,11-12,14,16H2,1-3H3,(H,26,31)(H,27,32);1H3,(H,2,3,4)/b10-7+;/t20-,21+;/m0./s1. The van der Waals surface area contributed by atoms with Crippen molar-refractivity contribution in [3.63, 3.8) is 0 Å². The highest BCUT2D eigenvalue weighted by Gasteiger charge is 2.35. The van der Waals surface area contributed by atoms with Gasteiger partial charge in [0.15, 0.2) is 0 Å². The van der Waals surface area contributed by atoms with Crippen molar-refractivity contribution in [2.45, 2.75) is 33.1 Å². The molecule has 16 heteroatoms. The average molecular weight is 616 g/mol. The molecule has 0 bridgehead atoms. The van der Waals surface area contributed by atoms with Crippen LogP contribution in [-0.4, -0.2) is 77.3 Å². The number of sulfonamides is 1. The van der Waals surface area contributed by atoms with Gasteiger partial charge in [-0.25, -0.2) is 18.9 Å². The van der Waals surface area contributed by atoms with Crippen LogP contribution in [0, 0.1) is 17.8 Å². The van der Waals surface area contributed by atoms with E-state index >= 15 is 0 Å². The molecule has 1 aromatic carbocycles. The van der Waals surface area contributed by atoms with Crippen molar-refractivity contribution in [2.75, 3.05) is 19.1 Å². The van der Waals surface area contributed by atoms with Gasteiger partial charge in [0.05, 0.1) is 24.3 Å². The van der Waals surface area contributed by atoms with Crippen molar-refractivity contribution in [3.05, 3.63) is 60.7 Å². The number of allylic oxidation sites excluding steroid dienone is 1. The molecule has 0 saturated carbocycles. The van der Waals surface area contributed by atoms with Crippen molar-refractivity contribution in [1.82, 2.24) is 24.9 Å². The monoisotopic (exact) mass is 615 g/mol. The normalized spacial score (nSPS) is 13.4. The van der Waals surface area contributed by atoms with Gasteiger partial charge in [0.25, 0.3) is 10.1 Å². The van der Waals surface area contributed by atoms with E-state index in [1.165, 1.54) is 23.3 Å². The van der Waals surface area contributed by atoms with Gasteiger partial charge >= 0.3 is 0 Å². The van der Waals surface area contributed by atoms with Crippen molar-refractivity contribution in [1.29, 1.82) is 0 Å². The SMILES string of the molecule is CC(C)C[C@@H](C(=O)NN(CCC(=O)n1ccnc1)S(C)(=O)=O)[C@H](C/C=C/c1ccccc1)C(=O)NO.CS(=O)(=O)O. The molecule has 0 fully saturated rings. The summed E-state index contributed by atoms with van der Waals surface area (Å²) < 4.78 is 52.5. The number of nitrogens with one attached hydrogen (secondary N) is 2. The lowest BCUT2D eigenvalue weighted by molar-refractivity contribution is -0.141. The second kappa shape index (κ2) is 16.7. The van der Waals surface area contributed by atoms with E-state index in [0.717, 1.165) is 11.8 Å². The molecule has 0 radical (unpaired) electrons. The highest BCUT2D eigenvalue weighted by molar-refractivity contribution is 7.88. The molecule has 0 spiro atoms. The van der Waals surface area contributed by atoms with Crippen LogP contribution in [-0.2, 0) is 29.7 Å². The molecule has 0 unspecified atom stereocenters. The second-order valence-electron chi connectivity index (χ2n) is 9.53. The molecule has 228 valence electrons. The van der Waals surface area contributed by atoms with E-state index in [9.17, 15) is 36.4 Å². The third kappa shape index (κ3) is 14.7. The minimum absolute atomic E-state index is 0.0117. The second-order valence-corrected chi connectivity index (χ2v) is 12.9. The predicted octanol–water partition coefficient (Wildman–Crippen LogP) is 1.60. The Kier molecular flexibility index (Phi) is 14.5. The van der Waals surface area contributed by atoms with E-state index < -0.39 is 49.7 Å². The summed E-state index contributed by atoms with van der Waals surface area (Å²) in [4.78, 5) is 41.9. The number of rotatable bonds is 13. The summed E-state index contributed by atoms with van der Waals surface area (Å²) in [5, 5.41) is 9.33. The summed E-state index contributed by atoms with van der Waals surface area (Å²) in [6.07, 6.45) is 9.48. The fourth-order valence-electron chi connectivity index (χ4n) is 3.66. The Morgan fingerprint density at radius 3 is 2.15 bits per heavy atom. The lowest BCUT2D eigenvalue weighted by Crippen LogP contribution is -2.51. The lowest BCUT2D eigenvalue weighted by Gasteiger charge is -2.28. The van der Waals surface area contributed by atoms with Gasteiger partial charge < -0.3 is 0 Å². The number of nitrogens with zero attached hydrogens (tertiary/aromatic N) is 3. The molecule has 2 atom stereocenters. The Morgan fingerprint density at radius 1 is 1.05 bits per heavy atom. The number of aromatic nitrogens is 2. The molecule has 0 aliphatic carbocycles. The number of hydroxylamine groups is 1. The summed E-state index contributed by atoms with van der Waals surface area (Å²) >= 11 is 0. The average Bonchev–Trinajstić information content (AvgIpc) is 3.41. The quantitative estimate of drug-likeness (QED) is 0.145. The highest BCUT2D eigenvalue weighted by atomic mass is 32.2. The van der Waals surface area contributed by atoms with E-state index in [-0.39, 0.29) is 31.7 Å². The van der Waals surface area contributed by atoms with Crippen molar-refractivity contribution < 1.29 is 41.0 Å². The molecule has 1 aromatic heterocycles. The maximum Gasteiger partial charge on any atom is 0.261 e. The molecule has 41 heavy (non-hydrogen) atoms. The Labute approximate surface area is 240 Å². The van der Waals surface area contributed by atoms with Crippen molar-refractivity contribution in [2.24, 2.45) is 17.8 Å². The molecule has 2 rings (SSSR count). The summed E-state index contributed by atoms with van der Waals surface area (Å²) in [5.41, 5.74) is 4.90. The summed E-state index contributed by atoms with van der Waals surface area (Å²) in [6, 6.07) is 9.36. The van der Waals surface area contributed by atoms with Gasteiger partial charge in [-0.3, -0.25) is 34.1 Å². The zero-order valence-corrected chi connectivity index (χ0v) is 24.9. The molecule has 0 aliphatic rings. The molecule has 2 amide bonds. The largest absolute Gasteiger partial charge is 0.289 e. The predicted molar refractivity (Wildman–Crippen MR) is 151 cm³/mol. The van der Waals surface area contributed by atoms with Gasteiger partial charge in [-0.15, -0.1) is 4.41 Å². The third-order valence-corrected chi connectivity index (χ3v) is 6.53. The number of hydrogen-bond acceptors (Lipinski definition) is 9. The zero-order valence-electron chi connectivity index (χ0n) is 23.2. The van der Waals surface area contributed by atoms with Crippen LogP contribution in [0.25, 0.3) is 6.08 Å². The van der Waals surface area contributed by atoms with Gasteiger partial charge in [0.1, 0.15) is 6.33 Å². The van der Waals surface area contributed by atoms with E-state index in [1.54, 1.807) is 17.6 Å². The first-order chi connectivity index (χ1) is 19.0. The molecular weight excluding hydrogens is 578 g/mol. The Balaban J connectivity index is 0.00000154. The number of hydrazine groups is 1. The van der Waals surface area contributed by atoms with Gasteiger partial charge in [0.2, 0.25) is 27.7 Å². The molecule has 4 N–H and O–H groups in total. The first-order valence-corrected chi connectivity index (χ1v) is 16.1. The minimum Gasteiger partial charge on any atom is -0.289 e. The fraction of sp³-hybridized carbons (Fsp3) is 0.440. The summed E-state index contributed by atoms with van der Waals surface area (Å²) in [7, 11) is -7.60. The van der Waals surface area contributed by atoms with Crippen LogP contribution < -0.4 is 10.9 Å². The fourth-order valence-corrected chi connectivity index (χ4v) is 4.34. The Bertz CT molecular complexity index is 1350. The van der Waals surface area contributed by atoms with Crippen LogP contribution in [0.4, 0.5) is 0 Å². The van der Waals surface area contributed by atoms with Gasteiger partial charge in [-0.05, 0) is 24.3 Å². The Hall–Kier alpha value is -3.44. The van der Waals surface area contributed by atoms with E-state index in [1.807, 2.05) is 44.2 Å². The molecule has 14 nitrogen and oxygen atoms in total.